The number of aliphatic hydroxyl groups is 10. The van der Waals surface area contributed by atoms with Gasteiger partial charge in [-0.25, -0.2) is 0 Å². The molecule has 22 heteroatoms. The third kappa shape index (κ3) is 10.4. The van der Waals surface area contributed by atoms with Crippen LogP contribution in [0.4, 0.5) is 0 Å². The third-order valence-corrected chi connectivity index (χ3v) is 19.3. The van der Waals surface area contributed by atoms with Gasteiger partial charge in [0.1, 0.15) is 67.1 Å². The van der Waals surface area contributed by atoms with Crippen LogP contribution in [0.25, 0.3) is 0 Å². The fourth-order valence-corrected chi connectivity index (χ4v) is 15.1. The Balaban J connectivity index is 0.845. The first-order chi connectivity index (χ1) is 35.0. The van der Waals surface area contributed by atoms with Crippen LogP contribution < -0.4 is 0 Å². The lowest BCUT2D eigenvalue weighted by molar-refractivity contribution is -0.389. The molecule has 4 aliphatic carbocycles. The van der Waals surface area contributed by atoms with Gasteiger partial charge >= 0.3 is 11.9 Å². The molecule has 0 aromatic heterocycles. The Bertz CT molecular complexity index is 2000. The normalized spacial score (nSPS) is 50.9. The number of aliphatic hydroxyl groups excluding tert-OH is 9. The fraction of sp³-hybridized carbons (Fsp3) is 0.923. The number of rotatable bonds is 14. The van der Waals surface area contributed by atoms with Crippen molar-refractivity contribution in [2.75, 3.05) is 33.5 Å². The van der Waals surface area contributed by atoms with E-state index in [1.54, 1.807) is 0 Å². The van der Waals surface area contributed by atoms with Crippen molar-refractivity contribution in [2.45, 2.75) is 221 Å². The van der Waals surface area contributed by atoms with Crippen LogP contribution in [0.1, 0.15) is 105 Å². The second-order valence-corrected chi connectivity index (χ2v) is 23.9. The molecule has 5 heterocycles. The number of methoxy groups -OCH3 is 1. The number of carbonyl (C=O) groups excluding carboxylic acids is 2. The van der Waals surface area contributed by atoms with E-state index in [0.717, 1.165) is 38.5 Å². The van der Waals surface area contributed by atoms with Crippen molar-refractivity contribution < 1.29 is 108 Å². The summed E-state index contributed by atoms with van der Waals surface area (Å²) in [6, 6.07) is 0. The average Bonchev–Trinajstić information content (AvgIpc) is 3.81. The van der Waals surface area contributed by atoms with Crippen molar-refractivity contribution >= 4 is 11.9 Å². The van der Waals surface area contributed by atoms with Gasteiger partial charge in [0, 0.05) is 18.3 Å². The van der Waals surface area contributed by atoms with Gasteiger partial charge in [0.05, 0.1) is 70.3 Å². The number of fused-ring (bicyclic) bond motifs is 7. The van der Waals surface area contributed by atoms with E-state index in [4.69, 9.17) is 42.6 Å². The molecule has 8 fully saturated rings. The van der Waals surface area contributed by atoms with Gasteiger partial charge in [0.25, 0.3) is 0 Å². The van der Waals surface area contributed by atoms with E-state index >= 15 is 0 Å². The van der Waals surface area contributed by atoms with Crippen LogP contribution in [0.3, 0.4) is 0 Å². The van der Waals surface area contributed by atoms with Gasteiger partial charge in [0.2, 0.25) is 0 Å². The van der Waals surface area contributed by atoms with Gasteiger partial charge in [0.15, 0.2) is 24.7 Å². The molecular formula is C52H82O22. The van der Waals surface area contributed by atoms with Crippen LogP contribution in [0.15, 0.2) is 11.6 Å². The first kappa shape index (κ1) is 56.7. The molecule has 1 spiro atoms. The van der Waals surface area contributed by atoms with E-state index in [1.165, 1.54) is 26.5 Å². The zero-order chi connectivity index (χ0) is 53.4. The van der Waals surface area contributed by atoms with E-state index in [0.29, 0.717) is 49.5 Å². The van der Waals surface area contributed by atoms with Crippen molar-refractivity contribution in [3.8, 4) is 0 Å². The van der Waals surface area contributed by atoms with Gasteiger partial charge in [-0.05, 0) is 99.7 Å². The summed E-state index contributed by atoms with van der Waals surface area (Å²) in [6.45, 7) is 9.05. The first-order valence-electron chi connectivity index (χ1n) is 26.8. The molecule has 0 aromatic rings. The van der Waals surface area contributed by atoms with Crippen molar-refractivity contribution in [3.63, 3.8) is 0 Å². The molecule has 27 atom stereocenters. The SMILES string of the molecule is COC(=O)C[C@](C)(O)CC(=O)OC[C@@H]1CCC2(OC1)OC1CC3C4CC=C5C[C@@H](O[C@@H]6O[C@H](CO)[C@@H](O[C@@H]7O[C@H](CO)[C@@H](O)[C@H](O)[C@H]7O)[C@H](O)[C@H]6O[C@@H]6O[C@@H](C)[C@H](O)[C@@H](O)[C@H]6O)CC[C@]5(C)C4CC[C@]3(C)C1C2C. The third-order valence-electron chi connectivity index (χ3n) is 19.3. The molecule has 10 N–H and O–H groups in total. The Morgan fingerprint density at radius 2 is 1.41 bits per heavy atom. The summed E-state index contributed by atoms with van der Waals surface area (Å²) in [5.41, 5.74) is -0.379. The molecule has 0 bridgehead atoms. The topological polar surface area (TPSA) is 329 Å². The summed E-state index contributed by atoms with van der Waals surface area (Å²) >= 11 is 0. The van der Waals surface area contributed by atoms with Gasteiger partial charge in [-0.1, -0.05) is 32.4 Å². The maximum absolute atomic E-state index is 12.6. The zero-order valence-electron chi connectivity index (χ0n) is 43.3. The minimum atomic E-state index is -1.84. The van der Waals surface area contributed by atoms with Gasteiger partial charge in [-0.3, -0.25) is 9.59 Å². The molecule has 5 aliphatic heterocycles. The van der Waals surface area contributed by atoms with Crippen LogP contribution >= 0.6 is 0 Å². The number of hydrogen-bond donors (Lipinski definition) is 10. The summed E-state index contributed by atoms with van der Waals surface area (Å²) in [5, 5.41) is 107. The Morgan fingerprint density at radius 1 is 0.743 bits per heavy atom. The van der Waals surface area contributed by atoms with Crippen LogP contribution in [0, 0.1) is 46.3 Å². The number of carbonyl (C=O) groups is 2. The summed E-state index contributed by atoms with van der Waals surface area (Å²) in [5.74, 6) is -0.179. The van der Waals surface area contributed by atoms with Crippen molar-refractivity contribution in [1.82, 2.24) is 0 Å². The van der Waals surface area contributed by atoms with Gasteiger partial charge in [-0.15, -0.1) is 0 Å². The highest BCUT2D eigenvalue weighted by atomic mass is 16.8. The Morgan fingerprint density at radius 3 is 2.08 bits per heavy atom. The van der Waals surface area contributed by atoms with Crippen molar-refractivity contribution in [3.05, 3.63) is 11.6 Å². The van der Waals surface area contributed by atoms with Crippen LogP contribution in [-0.2, 0) is 57.0 Å². The predicted molar refractivity (Wildman–Crippen MR) is 251 cm³/mol. The second kappa shape index (κ2) is 21.9. The fourth-order valence-electron chi connectivity index (χ4n) is 15.1. The maximum atomic E-state index is 12.6. The lowest BCUT2D eigenvalue weighted by Crippen LogP contribution is -2.67. The van der Waals surface area contributed by atoms with Crippen LogP contribution in [-0.4, -0.2) is 212 Å². The molecule has 0 amide bonds. The molecule has 0 aromatic carbocycles. The van der Waals surface area contributed by atoms with Crippen molar-refractivity contribution in [2.24, 2.45) is 46.3 Å². The Hall–Kier alpha value is -2.04. The maximum Gasteiger partial charge on any atom is 0.308 e. The van der Waals surface area contributed by atoms with Crippen LogP contribution in [0.2, 0.25) is 0 Å². The lowest BCUT2D eigenvalue weighted by Gasteiger charge is -2.59. The van der Waals surface area contributed by atoms with Crippen LogP contribution in [0.5, 0.6) is 0 Å². The van der Waals surface area contributed by atoms with E-state index < -0.39 is 135 Å². The molecule has 5 saturated heterocycles. The van der Waals surface area contributed by atoms with Gasteiger partial charge < -0.3 is 98.4 Å². The largest absolute Gasteiger partial charge is 0.469 e. The minimum Gasteiger partial charge on any atom is -0.469 e. The zero-order valence-corrected chi connectivity index (χ0v) is 43.3. The predicted octanol–water partition coefficient (Wildman–Crippen LogP) is -0.558. The standard InChI is InChI=1S/C52H82O22/c1-23-36-31(74-52(23)14-9-25(22-67-52)21-66-35(56)18-49(3,64)17-34(55)65-6)16-30-28-8-7-26-15-27(10-12-50(26,4)29(28)11-13-51(30,36)5)69-48-45(73-46-41(61)39(59)37(57)24(2)68-46)43(63)44(33(20-54)71-48)72-47-42(62)40(60)38(58)32(19-53)70-47/h7,23-25,27-33,36-48,53-54,57-64H,8-22H2,1-6H3/t23?,24-,25-,27-,28?,29?,30?,31?,32+,33+,36?,37-,38+,39+,40-,41+,42+,43-,44+,45+,46-,47-,48+,49-,50-,51-,52?/m0/s1. The summed E-state index contributed by atoms with van der Waals surface area (Å²) in [7, 11) is 1.23. The smallest absolute Gasteiger partial charge is 0.308 e. The Kier molecular flexibility index (Phi) is 16.8. The van der Waals surface area contributed by atoms with Gasteiger partial charge in [-0.2, -0.15) is 0 Å². The number of esters is 2. The number of hydrogen-bond acceptors (Lipinski definition) is 22. The highest BCUT2D eigenvalue weighted by molar-refractivity contribution is 5.74. The molecule has 22 nitrogen and oxygen atoms in total. The Labute approximate surface area is 431 Å². The van der Waals surface area contributed by atoms with E-state index in [-0.39, 0.29) is 48.2 Å². The molecule has 0 radical (unpaired) electrons. The average molecular weight is 1060 g/mol. The van der Waals surface area contributed by atoms with E-state index in [1.807, 2.05) is 0 Å². The lowest BCUT2D eigenvalue weighted by atomic mass is 9.47. The highest BCUT2D eigenvalue weighted by Gasteiger charge is 2.69. The second-order valence-electron chi connectivity index (χ2n) is 23.9. The molecule has 7 unspecified atom stereocenters. The molecule has 3 saturated carbocycles. The first-order valence-corrected chi connectivity index (χ1v) is 26.8. The number of allylic oxidation sites excluding steroid dienone is 1. The summed E-state index contributed by atoms with van der Waals surface area (Å²) < 4.78 is 60.3. The number of ether oxygens (including phenoxy) is 10. The molecule has 9 rings (SSSR count). The minimum absolute atomic E-state index is 0.0244. The quantitative estimate of drug-likeness (QED) is 0.0770. The van der Waals surface area contributed by atoms with E-state index in [2.05, 4.69) is 31.6 Å². The monoisotopic (exact) mass is 1060 g/mol. The summed E-state index contributed by atoms with van der Waals surface area (Å²) in [6.07, 6.45) is -14.7. The highest BCUT2D eigenvalue weighted by Crippen LogP contribution is 2.71. The molecule has 9 aliphatic rings. The van der Waals surface area contributed by atoms with E-state index in [9.17, 15) is 60.7 Å². The summed E-state index contributed by atoms with van der Waals surface area (Å²) in [4.78, 5) is 24.3. The molecular weight excluding hydrogens is 977 g/mol. The molecule has 74 heavy (non-hydrogen) atoms. The van der Waals surface area contributed by atoms with Crippen molar-refractivity contribution in [1.29, 1.82) is 0 Å². The molecule has 422 valence electrons.